The fourth-order valence-electron chi connectivity index (χ4n) is 1.39. The lowest BCUT2D eigenvalue weighted by Gasteiger charge is -1.87. The van der Waals surface area contributed by atoms with E-state index in [1.165, 1.54) is 6.08 Å². The van der Waals surface area contributed by atoms with Gasteiger partial charge in [-0.05, 0) is 56.4 Å². The van der Waals surface area contributed by atoms with Crippen LogP contribution in [0, 0.1) is 10.1 Å². The largest absolute Gasteiger partial charge is 0.478 e. The number of carboxylic acids is 1. The average Bonchev–Trinajstić information content (AvgIpc) is 2.69. The summed E-state index contributed by atoms with van der Waals surface area (Å²) in [4.78, 5) is 30.3. The second-order valence-electron chi connectivity index (χ2n) is 5.72. The molecule has 0 aromatic heterocycles. The first-order valence-electron chi connectivity index (χ1n) is 9.78. The Morgan fingerprint density at radius 1 is 0.967 bits per heavy atom. The highest BCUT2D eigenvalue weighted by Gasteiger charge is 1.96. The fraction of sp³-hybridized carbons (Fsp3) is 0.417. The minimum Gasteiger partial charge on any atom is -0.478 e. The van der Waals surface area contributed by atoms with Gasteiger partial charge in [-0.25, -0.2) is 4.79 Å². The molecule has 0 aliphatic heterocycles. The Hall–Kier alpha value is -3.38. The van der Waals surface area contributed by atoms with E-state index in [4.69, 9.17) is 5.11 Å². The summed E-state index contributed by atoms with van der Waals surface area (Å²) in [5.41, 5.74) is 10.6. The smallest absolute Gasteiger partial charge is 0.327 e. The molecule has 0 saturated heterocycles. The molecule has 0 amide bonds. The standard InChI is InChI=1S/C13H14O.C6H10O2.C5H9NO2/c1-4-6-8-10-12(3)13(14)11-9-7-5-2;2*1-2-3-4-5-6(7)8/h9,11H,1,5,7H2,2-3H3;4-5H,2-3H2,1H3,(H,7,8);4-5H,2-3H2,1H3. The van der Waals surface area contributed by atoms with Crippen molar-refractivity contribution < 1.29 is 19.6 Å². The van der Waals surface area contributed by atoms with Crippen LogP contribution in [0.4, 0.5) is 0 Å². The molecule has 30 heavy (non-hydrogen) atoms. The molecular formula is C24H33NO5. The van der Waals surface area contributed by atoms with Gasteiger partial charge in [0.2, 0.25) is 6.20 Å². The molecular weight excluding hydrogens is 382 g/mol. The predicted molar refractivity (Wildman–Crippen MR) is 121 cm³/mol. The molecule has 0 fully saturated rings. The lowest BCUT2D eigenvalue weighted by atomic mass is 10.2. The number of unbranched alkanes of at least 4 members (excludes halogenated alkanes) is 3. The predicted octanol–water partition coefficient (Wildman–Crippen LogP) is 6.11. The van der Waals surface area contributed by atoms with Crippen LogP contribution < -0.4 is 0 Å². The number of hydrogen-bond acceptors (Lipinski definition) is 4. The number of ketones is 1. The first kappa shape index (κ1) is 31.3. The first-order valence-corrected chi connectivity index (χ1v) is 9.78. The van der Waals surface area contributed by atoms with Gasteiger partial charge in [0.05, 0.1) is 4.92 Å². The van der Waals surface area contributed by atoms with E-state index in [2.05, 4.69) is 36.4 Å². The third-order valence-electron chi connectivity index (χ3n) is 2.89. The maximum absolute atomic E-state index is 11.3. The second-order valence-corrected chi connectivity index (χ2v) is 5.72. The van der Waals surface area contributed by atoms with Crippen molar-refractivity contribution in [1.82, 2.24) is 0 Å². The molecule has 6 heteroatoms. The molecule has 0 unspecified atom stereocenters. The molecule has 0 aliphatic carbocycles. The second kappa shape index (κ2) is 25.6. The average molecular weight is 416 g/mol. The first-order chi connectivity index (χ1) is 14.3. The fourth-order valence-corrected chi connectivity index (χ4v) is 1.39. The van der Waals surface area contributed by atoms with Gasteiger partial charge >= 0.3 is 5.97 Å². The lowest BCUT2D eigenvalue weighted by Crippen LogP contribution is -1.91. The van der Waals surface area contributed by atoms with Gasteiger partial charge in [0, 0.05) is 11.6 Å². The number of nitro groups is 1. The van der Waals surface area contributed by atoms with Gasteiger partial charge in [-0.15, -0.1) is 0 Å². The number of aliphatic carboxylic acids is 1. The van der Waals surface area contributed by atoms with Crippen LogP contribution in [0.2, 0.25) is 0 Å². The number of carbonyl (C=O) groups is 2. The molecule has 0 radical (unpaired) electrons. The zero-order chi connectivity index (χ0) is 23.6. The third kappa shape index (κ3) is 32.3. The van der Waals surface area contributed by atoms with Gasteiger partial charge in [-0.1, -0.05) is 63.6 Å². The number of rotatable bonds is 10. The van der Waals surface area contributed by atoms with Crippen LogP contribution in [0.1, 0.15) is 66.2 Å². The van der Waals surface area contributed by atoms with E-state index in [9.17, 15) is 19.7 Å². The van der Waals surface area contributed by atoms with E-state index in [0.717, 1.165) is 44.7 Å². The van der Waals surface area contributed by atoms with Crippen molar-refractivity contribution in [3.63, 3.8) is 0 Å². The maximum Gasteiger partial charge on any atom is 0.327 e. The number of nitrogens with zero attached hydrogens (tertiary/aromatic N) is 1. The van der Waals surface area contributed by atoms with E-state index < -0.39 is 10.9 Å². The van der Waals surface area contributed by atoms with Crippen molar-refractivity contribution in [3.05, 3.63) is 81.8 Å². The highest BCUT2D eigenvalue weighted by molar-refractivity contribution is 6.03. The van der Waals surface area contributed by atoms with Crippen LogP contribution in [0.15, 0.2) is 71.7 Å². The van der Waals surface area contributed by atoms with Gasteiger partial charge in [-0.3, -0.25) is 14.9 Å². The Kier molecular flexibility index (Phi) is 26.7. The number of carboxylic acid groups (broad SMARTS) is 1. The zero-order valence-electron chi connectivity index (χ0n) is 18.4. The molecule has 0 aromatic rings. The van der Waals surface area contributed by atoms with Crippen LogP contribution in [-0.4, -0.2) is 21.8 Å². The number of allylic oxidation sites excluding steroid dienone is 5. The molecule has 0 bridgehead atoms. The highest BCUT2D eigenvalue weighted by atomic mass is 16.6. The van der Waals surface area contributed by atoms with Crippen molar-refractivity contribution >= 4 is 11.8 Å². The monoisotopic (exact) mass is 415 g/mol. The maximum atomic E-state index is 11.3. The Balaban J connectivity index is -0.000000391. The van der Waals surface area contributed by atoms with Gasteiger partial charge < -0.3 is 5.11 Å². The summed E-state index contributed by atoms with van der Waals surface area (Å²) in [5.74, 6) is -0.907. The van der Waals surface area contributed by atoms with E-state index >= 15 is 0 Å². The topological polar surface area (TPSA) is 97.5 Å². The number of hydrogen-bond donors (Lipinski definition) is 1. The van der Waals surface area contributed by atoms with E-state index in [-0.39, 0.29) is 5.78 Å². The third-order valence-corrected chi connectivity index (χ3v) is 2.89. The Morgan fingerprint density at radius 2 is 1.47 bits per heavy atom. The summed E-state index contributed by atoms with van der Waals surface area (Å²) in [6, 6.07) is 0. The Labute approximate surface area is 179 Å². The SMILES string of the molecule is C=C=C=C=C=C(C)C(=O)C=CCCC.CCCC=CC(=O)O.CCCC=C[N+](=O)[O-]. The lowest BCUT2D eigenvalue weighted by molar-refractivity contribution is -0.402. The van der Waals surface area contributed by atoms with E-state index in [1.54, 1.807) is 25.2 Å². The van der Waals surface area contributed by atoms with Crippen LogP contribution >= 0.6 is 0 Å². The normalized spacial score (nSPS) is 9.33. The van der Waals surface area contributed by atoms with E-state index in [1.807, 2.05) is 19.9 Å². The van der Waals surface area contributed by atoms with Crippen LogP contribution in [-0.2, 0) is 9.59 Å². The minimum atomic E-state index is -0.863. The highest BCUT2D eigenvalue weighted by Crippen LogP contribution is 1.95. The van der Waals surface area contributed by atoms with Crippen molar-refractivity contribution in [2.24, 2.45) is 0 Å². The Morgan fingerprint density at radius 3 is 1.90 bits per heavy atom. The molecule has 0 rings (SSSR count). The summed E-state index contributed by atoms with van der Waals surface area (Å²) in [6.07, 6.45) is 14.4. The molecule has 0 aliphatic rings. The molecule has 0 spiro atoms. The summed E-state index contributed by atoms with van der Waals surface area (Å²) in [7, 11) is 0. The molecule has 164 valence electrons. The zero-order valence-corrected chi connectivity index (χ0v) is 18.4. The summed E-state index contributed by atoms with van der Waals surface area (Å²) in [5, 5.41) is 17.6. The van der Waals surface area contributed by atoms with Crippen molar-refractivity contribution in [2.75, 3.05) is 0 Å². The van der Waals surface area contributed by atoms with Crippen LogP contribution in [0.3, 0.4) is 0 Å². The van der Waals surface area contributed by atoms with E-state index in [0.29, 0.717) is 5.57 Å². The van der Waals surface area contributed by atoms with Crippen LogP contribution in [0.25, 0.3) is 0 Å². The van der Waals surface area contributed by atoms with Crippen LogP contribution in [0.5, 0.6) is 0 Å². The van der Waals surface area contributed by atoms with Gasteiger partial charge in [-0.2, -0.15) is 0 Å². The Bertz CT molecular complexity index is 722. The quantitative estimate of drug-likeness (QED) is 0.201. The summed E-state index contributed by atoms with van der Waals surface area (Å²) < 4.78 is 0. The van der Waals surface area contributed by atoms with Crippen molar-refractivity contribution in [2.45, 2.75) is 66.2 Å². The molecule has 0 saturated carbocycles. The van der Waals surface area contributed by atoms with Gasteiger partial charge in [0.15, 0.2) is 5.78 Å². The number of carbonyl (C=O) groups excluding carboxylic acids is 1. The van der Waals surface area contributed by atoms with Gasteiger partial charge in [0.25, 0.3) is 0 Å². The molecule has 0 atom stereocenters. The summed E-state index contributed by atoms with van der Waals surface area (Å²) >= 11 is 0. The minimum absolute atomic E-state index is 0.0446. The molecule has 0 aromatic carbocycles. The van der Waals surface area contributed by atoms with Crippen molar-refractivity contribution in [3.8, 4) is 0 Å². The van der Waals surface area contributed by atoms with Crippen molar-refractivity contribution in [1.29, 1.82) is 0 Å². The summed E-state index contributed by atoms with van der Waals surface area (Å²) in [6.45, 7) is 11.1. The molecule has 0 heterocycles. The molecule has 1 N–H and O–H groups in total. The van der Waals surface area contributed by atoms with Gasteiger partial charge in [0.1, 0.15) is 0 Å². The molecule has 6 nitrogen and oxygen atoms in total.